The number of hydrogen-bond donors (Lipinski definition) is 1. The van der Waals surface area contributed by atoms with Crippen LogP contribution in [0.1, 0.15) is 17.7 Å². The van der Waals surface area contributed by atoms with Gasteiger partial charge in [0.1, 0.15) is 0 Å². The molecular weight excluding hydrogens is 358 g/mol. The second-order valence-corrected chi connectivity index (χ2v) is 7.89. The molecule has 25 heavy (non-hydrogen) atoms. The van der Waals surface area contributed by atoms with Crippen molar-refractivity contribution in [3.05, 3.63) is 45.6 Å². The van der Waals surface area contributed by atoms with Crippen LogP contribution in [-0.2, 0) is 16.1 Å². The molecule has 1 saturated heterocycles. The SMILES string of the molecule is CN(CC(=O)Nc1ccccc1N1CCCC1=O)Cc1ccc(Cl)s1. The Kier molecular flexibility index (Phi) is 5.73. The Morgan fingerprint density at radius 2 is 2.12 bits per heavy atom. The molecule has 0 atom stereocenters. The molecule has 2 heterocycles. The topological polar surface area (TPSA) is 52.7 Å². The lowest BCUT2D eigenvalue weighted by Crippen LogP contribution is -2.31. The lowest BCUT2D eigenvalue weighted by Gasteiger charge is -2.21. The number of amides is 2. The molecule has 0 spiro atoms. The maximum atomic E-state index is 12.4. The second kappa shape index (κ2) is 7.99. The number of carbonyl (C=O) groups excluding carboxylic acids is 2. The molecule has 1 aromatic heterocycles. The van der Waals surface area contributed by atoms with E-state index in [-0.39, 0.29) is 18.4 Å². The number of anilines is 2. The predicted octanol–water partition coefficient (Wildman–Crippen LogP) is 3.60. The summed E-state index contributed by atoms with van der Waals surface area (Å²) in [7, 11) is 1.89. The average Bonchev–Trinajstić information content (AvgIpc) is 3.16. The van der Waals surface area contributed by atoms with Crippen molar-refractivity contribution in [2.24, 2.45) is 0 Å². The van der Waals surface area contributed by atoms with Gasteiger partial charge in [-0.25, -0.2) is 0 Å². The number of halogens is 1. The molecule has 0 bridgehead atoms. The Morgan fingerprint density at radius 1 is 1.32 bits per heavy atom. The van der Waals surface area contributed by atoms with Gasteiger partial charge in [0.2, 0.25) is 11.8 Å². The number of rotatable bonds is 6. The molecule has 0 saturated carbocycles. The minimum Gasteiger partial charge on any atom is -0.323 e. The van der Waals surface area contributed by atoms with E-state index in [1.807, 2.05) is 48.3 Å². The van der Waals surface area contributed by atoms with Crippen molar-refractivity contribution in [1.29, 1.82) is 0 Å². The molecule has 1 aliphatic heterocycles. The summed E-state index contributed by atoms with van der Waals surface area (Å²) in [6.07, 6.45) is 1.42. The van der Waals surface area contributed by atoms with Gasteiger partial charge in [0, 0.05) is 24.4 Å². The number of nitrogens with one attached hydrogen (secondary N) is 1. The summed E-state index contributed by atoms with van der Waals surface area (Å²) < 4.78 is 0.747. The molecule has 1 N–H and O–H groups in total. The highest BCUT2D eigenvalue weighted by molar-refractivity contribution is 7.16. The highest BCUT2D eigenvalue weighted by Crippen LogP contribution is 2.29. The van der Waals surface area contributed by atoms with Gasteiger partial charge in [0.15, 0.2) is 0 Å². The van der Waals surface area contributed by atoms with Crippen molar-refractivity contribution < 1.29 is 9.59 Å². The van der Waals surface area contributed by atoms with Gasteiger partial charge in [-0.05, 0) is 37.7 Å². The van der Waals surface area contributed by atoms with Crippen molar-refractivity contribution in [2.75, 3.05) is 30.4 Å². The lowest BCUT2D eigenvalue weighted by molar-refractivity contribution is -0.118. The number of para-hydroxylation sites is 2. The highest BCUT2D eigenvalue weighted by atomic mass is 35.5. The van der Waals surface area contributed by atoms with Crippen LogP contribution in [0.25, 0.3) is 0 Å². The molecule has 0 unspecified atom stereocenters. The maximum absolute atomic E-state index is 12.4. The summed E-state index contributed by atoms with van der Waals surface area (Å²) in [5.74, 6) is -0.00219. The van der Waals surface area contributed by atoms with Crippen LogP contribution >= 0.6 is 22.9 Å². The van der Waals surface area contributed by atoms with Crippen molar-refractivity contribution >= 4 is 46.1 Å². The van der Waals surface area contributed by atoms with E-state index >= 15 is 0 Å². The van der Waals surface area contributed by atoms with Crippen LogP contribution in [0.2, 0.25) is 4.34 Å². The Morgan fingerprint density at radius 3 is 2.80 bits per heavy atom. The number of benzene rings is 1. The summed E-state index contributed by atoms with van der Waals surface area (Å²) in [5, 5.41) is 2.93. The smallest absolute Gasteiger partial charge is 0.238 e. The standard InChI is InChI=1S/C18H20ClN3O2S/c1-21(11-13-8-9-16(19)25-13)12-17(23)20-14-5-2-3-6-15(14)22-10-4-7-18(22)24/h2-3,5-6,8-9H,4,7,10-12H2,1H3,(H,20,23). The van der Waals surface area contributed by atoms with Gasteiger partial charge < -0.3 is 10.2 Å². The summed E-state index contributed by atoms with van der Waals surface area (Å²) >= 11 is 7.45. The van der Waals surface area contributed by atoms with Gasteiger partial charge >= 0.3 is 0 Å². The zero-order valence-electron chi connectivity index (χ0n) is 14.0. The Balaban J connectivity index is 1.62. The van der Waals surface area contributed by atoms with Crippen LogP contribution in [0.15, 0.2) is 36.4 Å². The van der Waals surface area contributed by atoms with Crippen LogP contribution in [0, 0.1) is 0 Å². The minimum absolute atomic E-state index is 0.105. The number of thiophene rings is 1. The lowest BCUT2D eigenvalue weighted by atomic mass is 10.2. The van der Waals surface area contributed by atoms with E-state index in [2.05, 4.69) is 5.32 Å². The van der Waals surface area contributed by atoms with Crippen molar-refractivity contribution in [2.45, 2.75) is 19.4 Å². The molecule has 3 rings (SSSR count). The molecule has 2 aromatic rings. The molecular formula is C18H20ClN3O2S. The summed E-state index contributed by atoms with van der Waals surface area (Å²) in [6.45, 7) is 1.62. The highest BCUT2D eigenvalue weighted by Gasteiger charge is 2.24. The number of nitrogens with zero attached hydrogens (tertiary/aromatic N) is 2. The first-order valence-corrected chi connectivity index (χ1v) is 9.34. The summed E-state index contributed by atoms with van der Waals surface area (Å²) in [5.41, 5.74) is 1.45. The minimum atomic E-state index is -0.107. The molecule has 1 aliphatic rings. The molecule has 5 nitrogen and oxygen atoms in total. The van der Waals surface area contributed by atoms with E-state index in [1.165, 1.54) is 11.3 Å². The zero-order valence-corrected chi connectivity index (χ0v) is 15.6. The summed E-state index contributed by atoms with van der Waals surface area (Å²) in [6, 6.07) is 11.3. The van der Waals surface area contributed by atoms with Crippen molar-refractivity contribution in [1.82, 2.24) is 4.90 Å². The van der Waals surface area contributed by atoms with Gasteiger partial charge in [0.25, 0.3) is 0 Å². The third-order valence-electron chi connectivity index (χ3n) is 4.01. The van der Waals surface area contributed by atoms with Crippen LogP contribution in [0.4, 0.5) is 11.4 Å². The first-order chi connectivity index (χ1) is 12.0. The van der Waals surface area contributed by atoms with Gasteiger partial charge in [0.05, 0.1) is 22.3 Å². The van der Waals surface area contributed by atoms with E-state index in [9.17, 15) is 9.59 Å². The average molecular weight is 378 g/mol. The molecule has 7 heteroatoms. The fourth-order valence-electron chi connectivity index (χ4n) is 2.91. The second-order valence-electron chi connectivity index (χ2n) is 6.09. The Bertz CT molecular complexity index is 777. The number of likely N-dealkylation sites (N-methyl/N-ethyl adjacent to an activating group) is 1. The zero-order chi connectivity index (χ0) is 17.8. The predicted molar refractivity (Wildman–Crippen MR) is 102 cm³/mol. The van der Waals surface area contributed by atoms with Crippen molar-refractivity contribution in [3.63, 3.8) is 0 Å². The van der Waals surface area contributed by atoms with E-state index < -0.39 is 0 Å². The van der Waals surface area contributed by atoms with Gasteiger partial charge in [-0.3, -0.25) is 14.5 Å². The fourth-order valence-corrected chi connectivity index (χ4v) is 4.08. The van der Waals surface area contributed by atoms with Crippen LogP contribution in [0.3, 0.4) is 0 Å². The molecule has 1 fully saturated rings. The molecule has 0 aliphatic carbocycles. The Labute approximate surface area is 156 Å². The van der Waals surface area contributed by atoms with E-state index in [4.69, 9.17) is 11.6 Å². The van der Waals surface area contributed by atoms with E-state index in [0.717, 1.165) is 21.3 Å². The third-order valence-corrected chi connectivity index (χ3v) is 5.23. The van der Waals surface area contributed by atoms with E-state index in [0.29, 0.717) is 25.2 Å². The first kappa shape index (κ1) is 17.9. The van der Waals surface area contributed by atoms with Crippen LogP contribution < -0.4 is 10.2 Å². The largest absolute Gasteiger partial charge is 0.323 e. The number of hydrogen-bond acceptors (Lipinski definition) is 4. The van der Waals surface area contributed by atoms with Crippen molar-refractivity contribution in [3.8, 4) is 0 Å². The third kappa shape index (κ3) is 4.60. The van der Waals surface area contributed by atoms with Gasteiger partial charge in [-0.2, -0.15) is 0 Å². The van der Waals surface area contributed by atoms with Gasteiger partial charge in [-0.1, -0.05) is 23.7 Å². The fraction of sp³-hybridized carbons (Fsp3) is 0.333. The van der Waals surface area contributed by atoms with E-state index in [1.54, 1.807) is 4.90 Å². The monoisotopic (exact) mass is 377 g/mol. The molecule has 2 amide bonds. The molecule has 1 aromatic carbocycles. The normalized spacial score (nSPS) is 14.4. The summed E-state index contributed by atoms with van der Waals surface area (Å²) in [4.78, 5) is 29.2. The first-order valence-electron chi connectivity index (χ1n) is 8.15. The van der Waals surface area contributed by atoms with Gasteiger partial charge in [-0.15, -0.1) is 11.3 Å². The number of carbonyl (C=O) groups is 2. The Hall–Kier alpha value is -1.89. The maximum Gasteiger partial charge on any atom is 0.238 e. The molecule has 0 radical (unpaired) electrons. The quantitative estimate of drug-likeness (QED) is 0.836. The van der Waals surface area contributed by atoms with Crippen LogP contribution in [-0.4, -0.2) is 36.9 Å². The molecule has 132 valence electrons. The van der Waals surface area contributed by atoms with Crippen LogP contribution in [0.5, 0.6) is 0 Å².